The van der Waals surface area contributed by atoms with Crippen molar-refractivity contribution in [3.63, 3.8) is 0 Å². The van der Waals surface area contributed by atoms with E-state index in [-0.39, 0.29) is 5.41 Å². The van der Waals surface area contributed by atoms with Crippen molar-refractivity contribution in [1.29, 1.82) is 0 Å². The number of hydrogen-bond acceptors (Lipinski definition) is 3. The monoisotopic (exact) mass is 221 g/mol. The van der Waals surface area contributed by atoms with Crippen LogP contribution in [0.1, 0.15) is 25.0 Å². The molecule has 1 aromatic rings. The third-order valence-electron chi connectivity index (χ3n) is 3.24. The van der Waals surface area contributed by atoms with Gasteiger partial charge in [-0.25, -0.2) is 0 Å². The summed E-state index contributed by atoms with van der Waals surface area (Å²) in [4.78, 5) is 0. The van der Waals surface area contributed by atoms with Crippen LogP contribution in [-0.2, 0) is 12.0 Å². The fourth-order valence-corrected chi connectivity index (χ4v) is 2.30. The van der Waals surface area contributed by atoms with Gasteiger partial charge in [0, 0.05) is 30.1 Å². The molecule has 0 spiro atoms. The van der Waals surface area contributed by atoms with E-state index in [1.165, 1.54) is 11.1 Å². The average Bonchev–Trinajstić information content (AvgIpc) is 2.27. The van der Waals surface area contributed by atoms with E-state index in [0.717, 1.165) is 24.6 Å². The molecule has 1 aliphatic heterocycles. The maximum Gasteiger partial charge on any atom is 0.127 e. The van der Waals surface area contributed by atoms with Crippen molar-refractivity contribution in [2.75, 3.05) is 20.8 Å². The molecular weight excluding hydrogens is 202 g/mol. The van der Waals surface area contributed by atoms with Crippen LogP contribution in [0.2, 0.25) is 0 Å². The second-order valence-electron chi connectivity index (χ2n) is 4.84. The molecule has 0 fully saturated rings. The van der Waals surface area contributed by atoms with Crippen molar-refractivity contribution in [2.45, 2.75) is 25.8 Å². The summed E-state index contributed by atoms with van der Waals surface area (Å²) in [6.07, 6.45) is 0. The quantitative estimate of drug-likeness (QED) is 0.829. The predicted molar refractivity (Wildman–Crippen MR) is 64.3 cm³/mol. The van der Waals surface area contributed by atoms with E-state index in [2.05, 4.69) is 25.2 Å². The molecule has 1 N–H and O–H groups in total. The van der Waals surface area contributed by atoms with Crippen molar-refractivity contribution in [3.8, 4) is 11.5 Å². The summed E-state index contributed by atoms with van der Waals surface area (Å²) in [5, 5.41) is 3.42. The molecule has 0 bridgehead atoms. The molecule has 1 aromatic carbocycles. The molecule has 16 heavy (non-hydrogen) atoms. The molecule has 3 nitrogen and oxygen atoms in total. The molecule has 0 radical (unpaired) electrons. The van der Waals surface area contributed by atoms with Crippen LogP contribution in [0.3, 0.4) is 0 Å². The molecule has 0 unspecified atom stereocenters. The van der Waals surface area contributed by atoms with Crippen LogP contribution in [-0.4, -0.2) is 20.8 Å². The zero-order valence-corrected chi connectivity index (χ0v) is 10.4. The highest BCUT2D eigenvalue weighted by Gasteiger charge is 2.29. The third kappa shape index (κ3) is 1.76. The summed E-state index contributed by atoms with van der Waals surface area (Å²) < 4.78 is 10.7. The molecule has 0 aromatic heterocycles. The first-order valence-electron chi connectivity index (χ1n) is 5.54. The number of nitrogens with one attached hydrogen (secondary N) is 1. The van der Waals surface area contributed by atoms with Crippen LogP contribution in [0.15, 0.2) is 12.1 Å². The van der Waals surface area contributed by atoms with Crippen LogP contribution >= 0.6 is 0 Å². The van der Waals surface area contributed by atoms with Crippen LogP contribution in [0.25, 0.3) is 0 Å². The largest absolute Gasteiger partial charge is 0.497 e. The molecule has 1 heterocycles. The molecule has 0 aliphatic carbocycles. The molecular formula is C13H19NO2. The zero-order valence-electron chi connectivity index (χ0n) is 10.4. The molecule has 0 saturated carbocycles. The predicted octanol–water partition coefficient (Wildman–Crippen LogP) is 2.08. The molecule has 2 rings (SSSR count). The van der Waals surface area contributed by atoms with Crippen LogP contribution in [0.4, 0.5) is 0 Å². The number of fused-ring (bicyclic) bond motifs is 1. The highest BCUT2D eigenvalue weighted by Crippen LogP contribution is 2.37. The van der Waals surface area contributed by atoms with Crippen LogP contribution < -0.4 is 14.8 Å². The first kappa shape index (κ1) is 11.3. The lowest BCUT2D eigenvalue weighted by Crippen LogP contribution is -2.38. The highest BCUT2D eigenvalue weighted by atomic mass is 16.5. The summed E-state index contributed by atoms with van der Waals surface area (Å²) in [7, 11) is 3.39. The Bertz CT molecular complexity index is 399. The second-order valence-corrected chi connectivity index (χ2v) is 4.84. The highest BCUT2D eigenvalue weighted by molar-refractivity contribution is 5.50. The summed E-state index contributed by atoms with van der Waals surface area (Å²) >= 11 is 0. The minimum absolute atomic E-state index is 0.120. The SMILES string of the molecule is COc1cc(OC)c2c(c1)C(C)(C)CNC2. The Morgan fingerprint density at radius 1 is 1.19 bits per heavy atom. The summed E-state index contributed by atoms with van der Waals surface area (Å²) in [6.45, 7) is 6.32. The van der Waals surface area contributed by atoms with Crippen molar-refractivity contribution in [1.82, 2.24) is 5.32 Å². The average molecular weight is 221 g/mol. The van der Waals surface area contributed by atoms with E-state index in [4.69, 9.17) is 9.47 Å². The standard InChI is InChI=1S/C13H19NO2/c1-13(2)8-14-7-10-11(13)5-9(15-3)6-12(10)16-4/h5-6,14H,7-8H2,1-4H3. The summed E-state index contributed by atoms with van der Waals surface area (Å²) in [5.74, 6) is 1.78. The van der Waals surface area contributed by atoms with E-state index in [0.29, 0.717) is 0 Å². The second kappa shape index (κ2) is 3.98. The van der Waals surface area contributed by atoms with Crippen molar-refractivity contribution < 1.29 is 9.47 Å². The Kier molecular flexibility index (Phi) is 2.80. The first-order chi connectivity index (χ1) is 7.58. The molecule has 0 amide bonds. The Balaban J connectivity index is 2.60. The Labute approximate surface area is 96.8 Å². The maximum absolute atomic E-state index is 5.43. The Hall–Kier alpha value is -1.22. The minimum atomic E-state index is 0.120. The van der Waals surface area contributed by atoms with E-state index in [1.54, 1.807) is 14.2 Å². The lowest BCUT2D eigenvalue weighted by Gasteiger charge is -2.34. The van der Waals surface area contributed by atoms with Gasteiger partial charge in [0.25, 0.3) is 0 Å². The van der Waals surface area contributed by atoms with Crippen molar-refractivity contribution in [3.05, 3.63) is 23.3 Å². The molecule has 0 saturated heterocycles. The van der Waals surface area contributed by atoms with Gasteiger partial charge in [-0.2, -0.15) is 0 Å². The number of rotatable bonds is 2. The van der Waals surface area contributed by atoms with Gasteiger partial charge in [-0.05, 0) is 11.6 Å². The van der Waals surface area contributed by atoms with Gasteiger partial charge in [-0.1, -0.05) is 13.8 Å². The lowest BCUT2D eigenvalue weighted by atomic mass is 9.79. The van der Waals surface area contributed by atoms with E-state index >= 15 is 0 Å². The lowest BCUT2D eigenvalue weighted by molar-refractivity contribution is 0.370. The van der Waals surface area contributed by atoms with Gasteiger partial charge in [0.1, 0.15) is 11.5 Å². The van der Waals surface area contributed by atoms with Gasteiger partial charge in [0.15, 0.2) is 0 Å². The number of hydrogen-bond donors (Lipinski definition) is 1. The van der Waals surface area contributed by atoms with E-state index in [1.807, 2.05) is 6.07 Å². The number of methoxy groups -OCH3 is 2. The van der Waals surface area contributed by atoms with Gasteiger partial charge >= 0.3 is 0 Å². The van der Waals surface area contributed by atoms with Gasteiger partial charge in [-0.15, -0.1) is 0 Å². The van der Waals surface area contributed by atoms with Crippen LogP contribution in [0, 0.1) is 0 Å². The number of ether oxygens (including phenoxy) is 2. The Morgan fingerprint density at radius 3 is 2.56 bits per heavy atom. The van der Waals surface area contributed by atoms with Gasteiger partial charge < -0.3 is 14.8 Å². The zero-order chi connectivity index (χ0) is 11.8. The van der Waals surface area contributed by atoms with E-state index < -0.39 is 0 Å². The minimum Gasteiger partial charge on any atom is -0.497 e. The molecule has 0 atom stereocenters. The first-order valence-corrected chi connectivity index (χ1v) is 5.54. The molecule has 1 aliphatic rings. The fourth-order valence-electron chi connectivity index (χ4n) is 2.30. The normalized spacial score (nSPS) is 17.8. The maximum atomic E-state index is 5.43. The topological polar surface area (TPSA) is 30.5 Å². The van der Waals surface area contributed by atoms with Crippen molar-refractivity contribution in [2.24, 2.45) is 0 Å². The van der Waals surface area contributed by atoms with Gasteiger partial charge in [-0.3, -0.25) is 0 Å². The van der Waals surface area contributed by atoms with Gasteiger partial charge in [0.05, 0.1) is 14.2 Å². The number of benzene rings is 1. The third-order valence-corrected chi connectivity index (χ3v) is 3.24. The molecule has 88 valence electrons. The summed E-state index contributed by atoms with van der Waals surface area (Å²) in [6, 6.07) is 4.07. The smallest absolute Gasteiger partial charge is 0.127 e. The fraction of sp³-hybridized carbons (Fsp3) is 0.538. The molecule has 3 heteroatoms. The van der Waals surface area contributed by atoms with Crippen LogP contribution in [0.5, 0.6) is 11.5 Å². The van der Waals surface area contributed by atoms with E-state index in [9.17, 15) is 0 Å². The summed E-state index contributed by atoms with van der Waals surface area (Å²) in [5.41, 5.74) is 2.69. The Morgan fingerprint density at radius 2 is 1.94 bits per heavy atom. The van der Waals surface area contributed by atoms with Gasteiger partial charge in [0.2, 0.25) is 0 Å². The van der Waals surface area contributed by atoms with Crippen molar-refractivity contribution >= 4 is 0 Å².